The average Bonchev–Trinajstić information content (AvgIpc) is 2.52. The standard InChI is InChI=1S/C15H16N2O2S/c1-20-14-9-5-4-8-13(14)19-10-11-6-2-3-7-12(11)15(16)17-18/h2-9,18H,10H2,1H3,(H2,16,17). The second kappa shape index (κ2) is 6.86. The fraction of sp³-hybridized carbons (Fsp3) is 0.133. The van der Waals surface area contributed by atoms with Gasteiger partial charge in [0.15, 0.2) is 5.84 Å². The van der Waals surface area contributed by atoms with Gasteiger partial charge in [-0.3, -0.25) is 0 Å². The van der Waals surface area contributed by atoms with Crippen LogP contribution in [0.4, 0.5) is 0 Å². The van der Waals surface area contributed by atoms with Gasteiger partial charge in [0.1, 0.15) is 12.4 Å². The lowest BCUT2D eigenvalue weighted by Gasteiger charge is -2.12. The van der Waals surface area contributed by atoms with Crippen molar-refractivity contribution in [2.24, 2.45) is 10.9 Å². The number of ether oxygens (including phenoxy) is 1. The summed E-state index contributed by atoms with van der Waals surface area (Å²) >= 11 is 1.63. The molecule has 104 valence electrons. The molecular weight excluding hydrogens is 272 g/mol. The summed E-state index contributed by atoms with van der Waals surface area (Å²) in [5.74, 6) is 0.914. The predicted molar refractivity (Wildman–Crippen MR) is 81.5 cm³/mol. The summed E-state index contributed by atoms with van der Waals surface area (Å²) in [7, 11) is 0. The quantitative estimate of drug-likeness (QED) is 0.292. The molecule has 0 aromatic heterocycles. The van der Waals surface area contributed by atoms with Crippen LogP contribution in [0, 0.1) is 0 Å². The van der Waals surface area contributed by atoms with E-state index in [4.69, 9.17) is 15.7 Å². The zero-order chi connectivity index (χ0) is 14.4. The van der Waals surface area contributed by atoms with E-state index in [2.05, 4.69) is 5.16 Å². The van der Waals surface area contributed by atoms with Gasteiger partial charge in [-0.15, -0.1) is 11.8 Å². The van der Waals surface area contributed by atoms with Crippen LogP contribution < -0.4 is 10.5 Å². The van der Waals surface area contributed by atoms with Crippen molar-refractivity contribution in [3.63, 3.8) is 0 Å². The molecule has 0 spiro atoms. The van der Waals surface area contributed by atoms with Gasteiger partial charge in [-0.05, 0) is 18.4 Å². The van der Waals surface area contributed by atoms with Crippen LogP contribution in [0.3, 0.4) is 0 Å². The summed E-state index contributed by atoms with van der Waals surface area (Å²) in [5.41, 5.74) is 7.21. The van der Waals surface area contributed by atoms with Crippen molar-refractivity contribution in [3.8, 4) is 5.75 Å². The first-order valence-electron chi connectivity index (χ1n) is 6.08. The fourth-order valence-corrected chi connectivity index (χ4v) is 2.39. The van der Waals surface area contributed by atoms with E-state index in [0.717, 1.165) is 16.2 Å². The van der Waals surface area contributed by atoms with Crippen LogP contribution in [0.5, 0.6) is 5.75 Å². The SMILES string of the molecule is CSc1ccccc1OCc1ccccc1C(N)=NO. The van der Waals surface area contributed by atoms with Crippen molar-refractivity contribution >= 4 is 17.6 Å². The number of amidine groups is 1. The first-order valence-corrected chi connectivity index (χ1v) is 7.30. The van der Waals surface area contributed by atoms with E-state index in [-0.39, 0.29) is 5.84 Å². The van der Waals surface area contributed by atoms with Crippen LogP contribution in [-0.4, -0.2) is 17.3 Å². The Hall–Kier alpha value is -2.14. The number of rotatable bonds is 5. The molecule has 0 aliphatic carbocycles. The molecule has 2 aromatic carbocycles. The van der Waals surface area contributed by atoms with Gasteiger partial charge in [-0.2, -0.15) is 0 Å². The first kappa shape index (κ1) is 14.3. The second-order valence-electron chi connectivity index (χ2n) is 4.08. The molecular formula is C15H16N2O2S. The summed E-state index contributed by atoms with van der Waals surface area (Å²) in [4.78, 5) is 1.08. The number of nitrogens with zero attached hydrogens (tertiary/aromatic N) is 1. The largest absolute Gasteiger partial charge is 0.488 e. The van der Waals surface area contributed by atoms with Crippen LogP contribution in [0.15, 0.2) is 58.6 Å². The van der Waals surface area contributed by atoms with E-state index in [1.54, 1.807) is 17.8 Å². The Bertz CT molecular complexity index is 614. The third-order valence-electron chi connectivity index (χ3n) is 2.85. The zero-order valence-electron chi connectivity index (χ0n) is 11.1. The van der Waals surface area contributed by atoms with Gasteiger partial charge in [0, 0.05) is 16.0 Å². The molecule has 0 saturated carbocycles. The van der Waals surface area contributed by atoms with E-state index >= 15 is 0 Å². The van der Waals surface area contributed by atoms with Crippen molar-refractivity contribution in [2.75, 3.05) is 6.26 Å². The van der Waals surface area contributed by atoms with Crippen molar-refractivity contribution in [2.45, 2.75) is 11.5 Å². The van der Waals surface area contributed by atoms with Crippen LogP contribution in [0.25, 0.3) is 0 Å². The molecule has 0 heterocycles. The maximum absolute atomic E-state index is 8.80. The van der Waals surface area contributed by atoms with E-state index in [1.807, 2.05) is 48.7 Å². The van der Waals surface area contributed by atoms with Crippen molar-refractivity contribution < 1.29 is 9.94 Å². The van der Waals surface area contributed by atoms with Gasteiger partial charge in [0.05, 0.1) is 0 Å². The third-order valence-corrected chi connectivity index (χ3v) is 3.63. The summed E-state index contributed by atoms with van der Waals surface area (Å²) in [6.45, 7) is 0.365. The highest BCUT2D eigenvalue weighted by Gasteiger charge is 2.08. The molecule has 0 radical (unpaired) electrons. The Morgan fingerprint density at radius 3 is 2.65 bits per heavy atom. The number of hydrogen-bond acceptors (Lipinski definition) is 4. The molecule has 0 saturated heterocycles. The molecule has 20 heavy (non-hydrogen) atoms. The molecule has 0 bridgehead atoms. The number of benzene rings is 2. The van der Waals surface area contributed by atoms with E-state index in [0.29, 0.717) is 12.2 Å². The Morgan fingerprint density at radius 2 is 1.90 bits per heavy atom. The second-order valence-corrected chi connectivity index (χ2v) is 4.93. The number of hydrogen-bond donors (Lipinski definition) is 2. The molecule has 0 aliphatic heterocycles. The van der Waals surface area contributed by atoms with Crippen molar-refractivity contribution in [3.05, 3.63) is 59.7 Å². The smallest absolute Gasteiger partial charge is 0.170 e. The Kier molecular flexibility index (Phi) is 4.90. The molecule has 3 N–H and O–H groups in total. The highest BCUT2D eigenvalue weighted by molar-refractivity contribution is 7.98. The summed E-state index contributed by atoms with van der Waals surface area (Å²) in [5, 5.41) is 11.8. The summed E-state index contributed by atoms with van der Waals surface area (Å²) < 4.78 is 5.84. The monoisotopic (exact) mass is 288 g/mol. The predicted octanol–water partition coefficient (Wildman–Crippen LogP) is 3.08. The molecule has 0 aliphatic rings. The van der Waals surface area contributed by atoms with Gasteiger partial charge in [0.25, 0.3) is 0 Å². The Labute approximate surface area is 122 Å². The lowest BCUT2D eigenvalue weighted by Crippen LogP contribution is -2.16. The van der Waals surface area contributed by atoms with Crippen molar-refractivity contribution in [1.29, 1.82) is 0 Å². The number of oxime groups is 1. The van der Waals surface area contributed by atoms with Gasteiger partial charge in [0.2, 0.25) is 0 Å². The normalized spacial score (nSPS) is 11.3. The molecule has 0 atom stereocenters. The van der Waals surface area contributed by atoms with E-state index in [9.17, 15) is 0 Å². The molecule has 2 rings (SSSR count). The number of para-hydroxylation sites is 1. The molecule has 0 fully saturated rings. The number of thioether (sulfide) groups is 1. The molecule has 0 amide bonds. The van der Waals surface area contributed by atoms with Crippen LogP contribution in [0.1, 0.15) is 11.1 Å². The third kappa shape index (κ3) is 3.24. The van der Waals surface area contributed by atoms with Crippen LogP contribution in [0.2, 0.25) is 0 Å². The maximum Gasteiger partial charge on any atom is 0.170 e. The Morgan fingerprint density at radius 1 is 1.20 bits per heavy atom. The average molecular weight is 288 g/mol. The topological polar surface area (TPSA) is 67.8 Å². The van der Waals surface area contributed by atoms with Gasteiger partial charge >= 0.3 is 0 Å². The maximum atomic E-state index is 8.80. The lowest BCUT2D eigenvalue weighted by atomic mass is 10.1. The summed E-state index contributed by atoms with van der Waals surface area (Å²) in [6, 6.07) is 15.3. The Balaban J connectivity index is 2.19. The van der Waals surface area contributed by atoms with E-state index < -0.39 is 0 Å². The van der Waals surface area contributed by atoms with Gasteiger partial charge in [-0.1, -0.05) is 41.6 Å². The fourth-order valence-electron chi connectivity index (χ4n) is 1.84. The lowest BCUT2D eigenvalue weighted by molar-refractivity contribution is 0.298. The van der Waals surface area contributed by atoms with Gasteiger partial charge in [-0.25, -0.2) is 0 Å². The molecule has 2 aromatic rings. The molecule has 0 unspecified atom stereocenters. The molecule has 4 nitrogen and oxygen atoms in total. The van der Waals surface area contributed by atoms with Crippen LogP contribution in [-0.2, 0) is 6.61 Å². The zero-order valence-corrected chi connectivity index (χ0v) is 11.9. The minimum atomic E-state index is 0.0855. The number of nitrogens with two attached hydrogens (primary N) is 1. The minimum absolute atomic E-state index is 0.0855. The molecule has 5 heteroatoms. The van der Waals surface area contributed by atoms with E-state index in [1.165, 1.54) is 0 Å². The minimum Gasteiger partial charge on any atom is -0.488 e. The highest BCUT2D eigenvalue weighted by Crippen LogP contribution is 2.27. The van der Waals surface area contributed by atoms with Crippen LogP contribution >= 0.6 is 11.8 Å². The summed E-state index contributed by atoms with van der Waals surface area (Å²) in [6.07, 6.45) is 2.01. The van der Waals surface area contributed by atoms with Gasteiger partial charge < -0.3 is 15.7 Å². The van der Waals surface area contributed by atoms with Crippen molar-refractivity contribution in [1.82, 2.24) is 0 Å². The highest BCUT2D eigenvalue weighted by atomic mass is 32.2. The first-order chi connectivity index (χ1) is 9.76.